The number of aliphatic imine (C=N–C) groups is 1. The molecule has 1 saturated carbocycles. The predicted octanol–water partition coefficient (Wildman–Crippen LogP) is 3.68. The normalized spacial score (nSPS) is 22.8. The molecule has 8 heteroatoms. The van der Waals surface area contributed by atoms with Crippen LogP contribution in [0.4, 0.5) is 0 Å². The van der Waals surface area contributed by atoms with Crippen molar-refractivity contribution in [3.05, 3.63) is 29.8 Å². The number of aryl methyl sites for hydroxylation is 1. The van der Waals surface area contributed by atoms with Crippen LogP contribution < -0.4 is 15.4 Å². The monoisotopic (exact) mass is 560 g/mol. The van der Waals surface area contributed by atoms with E-state index in [4.69, 9.17) is 4.74 Å². The molecule has 1 heterocycles. The molecule has 1 saturated heterocycles. The molecule has 2 N–H and O–H groups in total. The molecular formula is C23H37IN4O2S. The van der Waals surface area contributed by atoms with Gasteiger partial charge in [-0.05, 0) is 51.7 Å². The van der Waals surface area contributed by atoms with Gasteiger partial charge in [-0.15, -0.1) is 24.0 Å². The predicted molar refractivity (Wildman–Crippen MR) is 141 cm³/mol. The fourth-order valence-corrected chi connectivity index (χ4v) is 4.95. The second-order valence-corrected chi connectivity index (χ2v) is 9.55. The van der Waals surface area contributed by atoms with Crippen molar-refractivity contribution in [2.24, 2.45) is 10.9 Å². The van der Waals surface area contributed by atoms with Crippen molar-refractivity contribution in [2.45, 2.75) is 51.7 Å². The molecule has 0 radical (unpaired) electrons. The van der Waals surface area contributed by atoms with Gasteiger partial charge in [0.05, 0.1) is 6.54 Å². The molecule has 1 aromatic carbocycles. The van der Waals surface area contributed by atoms with Crippen LogP contribution in [0.1, 0.15) is 38.2 Å². The maximum absolute atomic E-state index is 12.7. The number of hydrogen-bond donors (Lipinski definition) is 2. The fraction of sp³-hybridized carbons (Fsp3) is 0.652. The van der Waals surface area contributed by atoms with E-state index >= 15 is 0 Å². The number of nitrogens with zero attached hydrogens (tertiary/aromatic N) is 2. The minimum absolute atomic E-state index is 0. The third-order valence-corrected chi connectivity index (χ3v) is 6.82. The first-order chi connectivity index (χ1) is 14.5. The zero-order valence-corrected chi connectivity index (χ0v) is 22.1. The largest absolute Gasteiger partial charge is 0.489 e. The second-order valence-electron chi connectivity index (χ2n) is 8.33. The number of ether oxygens (including phenoxy) is 1. The summed E-state index contributed by atoms with van der Waals surface area (Å²) in [5.41, 5.74) is 1.23. The van der Waals surface area contributed by atoms with Gasteiger partial charge in [0.25, 0.3) is 0 Å². The number of rotatable bonds is 6. The summed E-state index contributed by atoms with van der Waals surface area (Å²) in [7, 11) is 1.80. The van der Waals surface area contributed by atoms with E-state index in [0.29, 0.717) is 18.5 Å². The lowest BCUT2D eigenvalue weighted by molar-refractivity contribution is -0.136. The standard InChI is InChI=1S/C23H36N4O2S.HI/c1-17-4-10-21(11-5-17)29-18(2)16-25-23(24-3)26-20-8-6-19(7-9-20)22(28)27-12-14-30-15-13-27;/h4-5,10-11,18-20H,6-9,12-16H2,1-3H3,(H2,24,25,26);1H. The molecule has 1 amide bonds. The van der Waals surface area contributed by atoms with E-state index in [9.17, 15) is 4.79 Å². The van der Waals surface area contributed by atoms with Crippen LogP contribution in [-0.4, -0.2) is 67.1 Å². The van der Waals surface area contributed by atoms with Crippen LogP contribution in [0.25, 0.3) is 0 Å². The zero-order valence-electron chi connectivity index (χ0n) is 18.9. The summed E-state index contributed by atoms with van der Waals surface area (Å²) in [6, 6.07) is 8.48. The Morgan fingerprint density at radius 2 is 1.84 bits per heavy atom. The number of halogens is 1. The average Bonchev–Trinajstić information content (AvgIpc) is 2.78. The summed E-state index contributed by atoms with van der Waals surface area (Å²) in [5, 5.41) is 6.90. The molecule has 1 aliphatic carbocycles. The van der Waals surface area contributed by atoms with Crippen LogP contribution in [0.2, 0.25) is 0 Å². The van der Waals surface area contributed by atoms with Crippen molar-refractivity contribution < 1.29 is 9.53 Å². The average molecular weight is 561 g/mol. The van der Waals surface area contributed by atoms with Gasteiger partial charge < -0.3 is 20.3 Å². The summed E-state index contributed by atoms with van der Waals surface area (Å²) in [6.45, 7) is 6.63. The van der Waals surface area contributed by atoms with Crippen molar-refractivity contribution in [3.63, 3.8) is 0 Å². The molecule has 174 valence electrons. The van der Waals surface area contributed by atoms with Crippen LogP contribution in [-0.2, 0) is 4.79 Å². The Hall–Kier alpha value is -1.16. The van der Waals surface area contributed by atoms with E-state index < -0.39 is 0 Å². The molecule has 3 rings (SSSR count). The van der Waals surface area contributed by atoms with Crippen LogP contribution in [0.15, 0.2) is 29.3 Å². The maximum atomic E-state index is 12.7. The number of guanidine groups is 1. The molecule has 2 fully saturated rings. The van der Waals surface area contributed by atoms with Crippen molar-refractivity contribution in [1.82, 2.24) is 15.5 Å². The summed E-state index contributed by atoms with van der Waals surface area (Å²) in [4.78, 5) is 19.2. The van der Waals surface area contributed by atoms with Crippen LogP contribution in [0, 0.1) is 12.8 Å². The second kappa shape index (κ2) is 13.4. The van der Waals surface area contributed by atoms with Gasteiger partial charge >= 0.3 is 0 Å². The molecule has 1 unspecified atom stereocenters. The number of nitrogens with one attached hydrogen (secondary N) is 2. The van der Waals surface area contributed by atoms with Crippen LogP contribution >= 0.6 is 35.7 Å². The lowest BCUT2D eigenvalue weighted by Gasteiger charge is -2.34. The molecule has 0 spiro atoms. The highest BCUT2D eigenvalue weighted by Gasteiger charge is 2.30. The van der Waals surface area contributed by atoms with Gasteiger partial charge in [0.15, 0.2) is 5.96 Å². The molecule has 6 nitrogen and oxygen atoms in total. The molecule has 1 aromatic rings. The fourth-order valence-electron chi connectivity index (χ4n) is 4.05. The molecule has 31 heavy (non-hydrogen) atoms. The number of carbonyl (C=O) groups excluding carboxylic acids is 1. The van der Waals surface area contributed by atoms with Crippen molar-refractivity contribution in [3.8, 4) is 5.75 Å². The van der Waals surface area contributed by atoms with E-state index in [1.54, 1.807) is 7.05 Å². The highest BCUT2D eigenvalue weighted by atomic mass is 127. The number of thioether (sulfide) groups is 1. The van der Waals surface area contributed by atoms with E-state index in [0.717, 1.165) is 62.0 Å². The lowest BCUT2D eigenvalue weighted by atomic mass is 9.85. The summed E-state index contributed by atoms with van der Waals surface area (Å²) < 4.78 is 5.96. The number of benzene rings is 1. The smallest absolute Gasteiger partial charge is 0.225 e. The van der Waals surface area contributed by atoms with Gasteiger partial charge in [0.1, 0.15) is 11.9 Å². The van der Waals surface area contributed by atoms with Gasteiger partial charge in [-0.2, -0.15) is 11.8 Å². The lowest BCUT2D eigenvalue weighted by Crippen LogP contribution is -2.48. The van der Waals surface area contributed by atoms with Gasteiger partial charge in [-0.25, -0.2) is 0 Å². The molecular weight excluding hydrogens is 523 g/mol. The van der Waals surface area contributed by atoms with Crippen LogP contribution in [0.3, 0.4) is 0 Å². The minimum Gasteiger partial charge on any atom is -0.489 e. The number of hydrogen-bond acceptors (Lipinski definition) is 4. The first-order valence-corrected chi connectivity index (χ1v) is 12.3. The third-order valence-electron chi connectivity index (χ3n) is 5.88. The van der Waals surface area contributed by atoms with Gasteiger partial charge in [0, 0.05) is 43.6 Å². The maximum Gasteiger partial charge on any atom is 0.225 e. The van der Waals surface area contributed by atoms with Crippen molar-refractivity contribution in [1.29, 1.82) is 0 Å². The van der Waals surface area contributed by atoms with Crippen molar-refractivity contribution >= 4 is 47.6 Å². The zero-order chi connectivity index (χ0) is 21.3. The van der Waals surface area contributed by atoms with E-state index in [2.05, 4.69) is 46.5 Å². The third kappa shape index (κ3) is 8.36. The SMILES string of the molecule is CN=C(NCC(C)Oc1ccc(C)cc1)NC1CCC(C(=O)N2CCSCC2)CC1.I. The Kier molecular flexibility index (Phi) is 11.3. The number of amides is 1. The number of carbonyl (C=O) groups is 1. The van der Waals surface area contributed by atoms with E-state index in [1.807, 2.05) is 23.9 Å². The minimum atomic E-state index is 0. The summed E-state index contributed by atoms with van der Waals surface area (Å²) in [5.74, 6) is 4.42. The highest BCUT2D eigenvalue weighted by Crippen LogP contribution is 2.27. The summed E-state index contributed by atoms with van der Waals surface area (Å²) in [6.07, 6.45) is 3.97. The van der Waals surface area contributed by atoms with Gasteiger partial charge in [0.2, 0.25) is 5.91 Å². The first-order valence-electron chi connectivity index (χ1n) is 11.1. The molecule has 1 aliphatic heterocycles. The van der Waals surface area contributed by atoms with Crippen LogP contribution in [0.5, 0.6) is 5.75 Å². The molecule has 2 aliphatic rings. The highest BCUT2D eigenvalue weighted by molar-refractivity contribution is 14.0. The van der Waals surface area contributed by atoms with Gasteiger partial charge in [-0.1, -0.05) is 17.7 Å². The Morgan fingerprint density at radius 1 is 1.19 bits per heavy atom. The summed E-state index contributed by atoms with van der Waals surface area (Å²) >= 11 is 1.95. The first kappa shape index (κ1) is 26.1. The van der Waals surface area contributed by atoms with Crippen molar-refractivity contribution in [2.75, 3.05) is 38.2 Å². The van der Waals surface area contributed by atoms with E-state index in [-0.39, 0.29) is 36.0 Å². The quantitative estimate of drug-likeness (QED) is 0.316. The topological polar surface area (TPSA) is 66.0 Å². The molecule has 0 aromatic heterocycles. The molecule has 0 bridgehead atoms. The Bertz CT molecular complexity index is 702. The Balaban J connectivity index is 0.00000341. The van der Waals surface area contributed by atoms with Gasteiger partial charge in [-0.3, -0.25) is 9.79 Å². The Morgan fingerprint density at radius 3 is 2.45 bits per heavy atom. The Labute approximate surface area is 208 Å². The molecule has 1 atom stereocenters. The van der Waals surface area contributed by atoms with E-state index in [1.165, 1.54) is 5.56 Å².